The number of benzene rings is 1. The van der Waals surface area contributed by atoms with E-state index in [-0.39, 0.29) is 11.9 Å². The predicted octanol–water partition coefficient (Wildman–Crippen LogP) is 5.11. The van der Waals surface area contributed by atoms with Crippen molar-refractivity contribution in [1.82, 2.24) is 14.9 Å². The molecule has 3 rings (SSSR count). The Morgan fingerprint density at radius 3 is 2.69 bits per heavy atom. The molecule has 0 bridgehead atoms. The number of nitrogens with zero attached hydrogens (tertiary/aromatic N) is 2. The first-order chi connectivity index (χ1) is 12.7. The maximum atomic E-state index is 12.9. The quantitative estimate of drug-likeness (QED) is 0.574. The summed E-state index contributed by atoms with van der Waals surface area (Å²) in [5.74, 6) is 0.712. The van der Waals surface area contributed by atoms with Gasteiger partial charge in [0, 0.05) is 17.6 Å². The predicted molar refractivity (Wildman–Crippen MR) is 107 cm³/mol. The Labute approximate surface area is 155 Å². The Bertz CT molecular complexity index is 854. The molecule has 0 spiro atoms. The van der Waals surface area contributed by atoms with Gasteiger partial charge in [-0.25, -0.2) is 4.98 Å². The Morgan fingerprint density at radius 1 is 1.12 bits per heavy atom. The van der Waals surface area contributed by atoms with Crippen molar-refractivity contribution in [3.05, 3.63) is 60.4 Å². The van der Waals surface area contributed by atoms with Crippen LogP contribution in [0.5, 0.6) is 0 Å². The summed E-state index contributed by atoms with van der Waals surface area (Å²) in [5, 5.41) is 4.20. The van der Waals surface area contributed by atoms with Crippen LogP contribution in [0.4, 0.5) is 0 Å². The van der Waals surface area contributed by atoms with Gasteiger partial charge in [-0.1, -0.05) is 56.9 Å². The number of carbonyl (C=O) groups excluding carboxylic acids is 1. The Hall–Kier alpha value is -2.62. The molecule has 26 heavy (non-hydrogen) atoms. The van der Waals surface area contributed by atoms with E-state index >= 15 is 0 Å². The van der Waals surface area contributed by atoms with Gasteiger partial charge in [0.15, 0.2) is 0 Å². The van der Waals surface area contributed by atoms with Gasteiger partial charge in [-0.2, -0.15) is 0 Å². The van der Waals surface area contributed by atoms with Gasteiger partial charge in [0.2, 0.25) is 0 Å². The molecule has 0 radical (unpaired) electrons. The molecule has 0 aliphatic carbocycles. The second-order valence-electron chi connectivity index (χ2n) is 6.84. The van der Waals surface area contributed by atoms with Crippen LogP contribution in [0.3, 0.4) is 0 Å². The van der Waals surface area contributed by atoms with Crippen molar-refractivity contribution in [2.45, 2.75) is 52.0 Å². The second kappa shape index (κ2) is 8.65. The number of unbranched alkanes of at least 4 members (excludes halogenated alkanes) is 3. The van der Waals surface area contributed by atoms with Gasteiger partial charge in [0.05, 0.1) is 5.52 Å². The van der Waals surface area contributed by atoms with Crippen LogP contribution >= 0.6 is 0 Å². The minimum atomic E-state index is -0.0464. The maximum absolute atomic E-state index is 12.9. The van der Waals surface area contributed by atoms with E-state index in [1.54, 1.807) is 6.20 Å². The van der Waals surface area contributed by atoms with Crippen LogP contribution in [0, 0.1) is 0 Å². The average Bonchev–Trinajstić information content (AvgIpc) is 3.06. The largest absolute Gasteiger partial charge is 0.348 e. The normalized spacial score (nSPS) is 12.2. The van der Waals surface area contributed by atoms with Crippen molar-refractivity contribution in [2.75, 3.05) is 0 Å². The molecule has 0 aliphatic rings. The third-order valence-corrected chi connectivity index (χ3v) is 4.69. The molecule has 0 aliphatic heterocycles. The van der Waals surface area contributed by atoms with Crippen LogP contribution in [0.1, 0.15) is 56.4 Å². The monoisotopic (exact) mass is 349 g/mol. The summed E-state index contributed by atoms with van der Waals surface area (Å²) in [5.41, 5.74) is 1.62. The molecule has 0 saturated heterocycles. The average molecular weight is 349 g/mol. The highest BCUT2D eigenvalue weighted by molar-refractivity contribution is 5.99. The van der Waals surface area contributed by atoms with Crippen LogP contribution in [0.15, 0.2) is 54.7 Å². The standard InChI is InChI=1S/C22H27N3O/c1-3-4-5-6-11-17(2)24-22(26)20-16-18-12-7-8-13-19(18)25(20)21-14-9-10-15-23-21/h7-10,12-17H,3-6,11H2,1-2H3,(H,24,26). The highest BCUT2D eigenvalue weighted by Gasteiger charge is 2.18. The lowest BCUT2D eigenvalue weighted by molar-refractivity contribution is 0.0931. The van der Waals surface area contributed by atoms with Crippen molar-refractivity contribution in [3.8, 4) is 5.82 Å². The number of hydrogen-bond donors (Lipinski definition) is 1. The van der Waals surface area contributed by atoms with Crippen LogP contribution < -0.4 is 5.32 Å². The highest BCUT2D eigenvalue weighted by Crippen LogP contribution is 2.23. The first-order valence-electron chi connectivity index (χ1n) is 9.53. The van der Waals surface area contributed by atoms with E-state index in [1.165, 1.54) is 19.3 Å². The molecule has 1 amide bonds. The van der Waals surface area contributed by atoms with Crippen LogP contribution in [-0.2, 0) is 0 Å². The zero-order valence-corrected chi connectivity index (χ0v) is 15.6. The van der Waals surface area contributed by atoms with E-state index in [9.17, 15) is 4.79 Å². The zero-order valence-electron chi connectivity index (χ0n) is 15.6. The van der Waals surface area contributed by atoms with Crippen molar-refractivity contribution < 1.29 is 4.79 Å². The molecule has 1 unspecified atom stereocenters. The fourth-order valence-corrected chi connectivity index (χ4v) is 3.30. The molecule has 1 atom stereocenters. The molecular formula is C22H27N3O. The fraction of sp³-hybridized carbons (Fsp3) is 0.364. The van der Waals surface area contributed by atoms with Crippen LogP contribution in [0.25, 0.3) is 16.7 Å². The summed E-state index contributed by atoms with van der Waals surface area (Å²) in [4.78, 5) is 17.4. The number of amides is 1. The zero-order chi connectivity index (χ0) is 18.4. The third kappa shape index (κ3) is 4.13. The molecule has 1 N–H and O–H groups in total. The van der Waals surface area contributed by atoms with E-state index in [1.807, 2.05) is 53.1 Å². The minimum absolute atomic E-state index is 0.0464. The van der Waals surface area contributed by atoms with E-state index in [4.69, 9.17) is 0 Å². The first kappa shape index (κ1) is 18.2. The molecule has 1 aromatic carbocycles. The van der Waals surface area contributed by atoms with Crippen molar-refractivity contribution in [1.29, 1.82) is 0 Å². The van der Waals surface area contributed by atoms with E-state index in [0.717, 1.165) is 29.6 Å². The lowest BCUT2D eigenvalue weighted by Crippen LogP contribution is -2.33. The lowest BCUT2D eigenvalue weighted by Gasteiger charge is -2.15. The Kier molecular flexibility index (Phi) is 6.05. The summed E-state index contributed by atoms with van der Waals surface area (Å²) >= 11 is 0. The minimum Gasteiger partial charge on any atom is -0.348 e. The van der Waals surface area contributed by atoms with Gasteiger partial charge in [-0.05, 0) is 37.6 Å². The molecule has 2 aromatic heterocycles. The molecular weight excluding hydrogens is 322 g/mol. The second-order valence-corrected chi connectivity index (χ2v) is 6.84. The summed E-state index contributed by atoms with van der Waals surface area (Å²) in [6.45, 7) is 4.29. The van der Waals surface area contributed by atoms with Gasteiger partial charge in [0.25, 0.3) is 5.91 Å². The molecule has 0 saturated carbocycles. The number of pyridine rings is 1. The van der Waals surface area contributed by atoms with Gasteiger partial charge in [0.1, 0.15) is 11.5 Å². The van der Waals surface area contributed by atoms with Gasteiger partial charge in [-0.15, -0.1) is 0 Å². The number of para-hydroxylation sites is 1. The number of hydrogen-bond acceptors (Lipinski definition) is 2. The van der Waals surface area contributed by atoms with Crippen LogP contribution in [0.2, 0.25) is 0 Å². The Balaban J connectivity index is 1.84. The molecule has 2 heterocycles. The maximum Gasteiger partial charge on any atom is 0.268 e. The number of carbonyl (C=O) groups is 1. The summed E-state index contributed by atoms with van der Waals surface area (Å²) in [7, 11) is 0. The SMILES string of the molecule is CCCCCCC(C)NC(=O)c1cc2ccccc2n1-c1ccccn1. The smallest absolute Gasteiger partial charge is 0.268 e. The highest BCUT2D eigenvalue weighted by atomic mass is 16.2. The topological polar surface area (TPSA) is 46.9 Å². The Morgan fingerprint density at radius 2 is 1.92 bits per heavy atom. The molecule has 3 aromatic rings. The van der Waals surface area contributed by atoms with Crippen molar-refractivity contribution >= 4 is 16.8 Å². The lowest BCUT2D eigenvalue weighted by atomic mass is 10.1. The number of nitrogens with one attached hydrogen (secondary N) is 1. The number of aromatic nitrogens is 2. The summed E-state index contributed by atoms with van der Waals surface area (Å²) in [6, 6.07) is 15.9. The van der Waals surface area contributed by atoms with Crippen molar-refractivity contribution in [3.63, 3.8) is 0 Å². The first-order valence-corrected chi connectivity index (χ1v) is 9.53. The van der Waals surface area contributed by atoms with E-state index in [2.05, 4.69) is 24.1 Å². The summed E-state index contributed by atoms with van der Waals surface area (Å²) in [6.07, 6.45) is 7.63. The molecule has 4 nitrogen and oxygen atoms in total. The van der Waals surface area contributed by atoms with E-state index in [0.29, 0.717) is 5.69 Å². The van der Waals surface area contributed by atoms with Gasteiger partial charge < -0.3 is 5.32 Å². The summed E-state index contributed by atoms with van der Waals surface area (Å²) < 4.78 is 1.94. The number of rotatable bonds is 8. The molecule has 4 heteroatoms. The van der Waals surface area contributed by atoms with Crippen molar-refractivity contribution in [2.24, 2.45) is 0 Å². The van der Waals surface area contributed by atoms with Gasteiger partial charge in [-0.3, -0.25) is 9.36 Å². The fourth-order valence-electron chi connectivity index (χ4n) is 3.30. The number of fused-ring (bicyclic) bond motifs is 1. The van der Waals surface area contributed by atoms with Crippen LogP contribution in [-0.4, -0.2) is 21.5 Å². The van der Waals surface area contributed by atoms with E-state index < -0.39 is 0 Å². The molecule has 0 fully saturated rings. The molecule has 136 valence electrons. The van der Waals surface area contributed by atoms with Gasteiger partial charge >= 0.3 is 0 Å². The third-order valence-electron chi connectivity index (χ3n) is 4.69.